The fourth-order valence-corrected chi connectivity index (χ4v) is 4.32. The third kappa shape index (κ3) is 4.79. The zero-order valence-electron chi connectivity index (χ0n) is 14.7. The minimum atomic E-state index is -4.65. The van der Waals surface area contributed by atoms with E-state index in [-0.39, 0.29) is 23.7 Å². The van der Waals surface area contributed by atoms with E-state index in [4.69, 9.17) is 4.74 Å². The predicted molar refractivity (Wildman–Crippen MR) is 92.5 cm³/mol. The Morgan fingerprint density at radius 2 is 1.90 bits per heavy atom. The van der Waals surface area contributed by atoms with Crippen LogP contribution in [0.5, 0.6) is 6.01 Å². The molecule has 2 heterocycles. The third-order valence-corrected chi connectivity index (χ3v) is 6.10. The zero-order valence-corrected chi connectivity index (χ0v) is 15.6. The first kappa shape index (κ1) is 20.9. The van der Waals surface area contributed by atoms with Gasteiger partial charge in [0.05, 0.1) is 16.4 Å². The topological polar surface area (TPSA) is 116 Å². The Bertz CT molecular complexity index is 998. The predicted octanol–water partition coefficient (Wildman–Crippen LogP) is 2.64. The first-order valence-corrected chi connectivity index (χ1v) is 9.83. The Balaban J connectivity index is 1.74. The van der Waals surface area contributed by atoms with E-state index in [9.17, 15) is 31.7 Å². The van der Waals surface area contributed by atoms with Gasteiger partial charge >= 0.3 is 12.2 Å². The monoisotopic (exact) mass is 432 g/mol. The molecule has 0 saturated carbocycles. The molecular weight excluding hydrogens is 417 g/mol. The van der Waals surface area contributed by atoms with Crippen molar-refractivity contribution in [1.29, 1.82) is 0 Å². The number of benzene rings is 1. The summed E-state index contributed by atoms with van der Waals surface area (Å²) in [5, 5.41) is 10.7. The number of non-ortho nitro benzene ring substituents is 1. The number of nitro benzene ring substituents is 1. The fourth-order valence-electron chi connectivity index (χ4n) is 2.81. The molecular formula is C16H15F3N4O5S. The van der Waals surface area contributed by atoms with Crippen LogP contribution in [0.3, 0.4) is 0 Å². The molecule has 156 valence electrons. The number of piperidine rings is 1. The van der Waals surface area contributed by atoms with Crippen LogP contribution >= 0.6 is 0 Å². The van der Waals surface area contributed by atoms with Crippen LogP contribution in [0, 0.1) is 10.1 Å². The molecule has 1 unspecified atom stereocenters. The van der Waals surface area contributed by atoms with Crippen molar-refractivity contribution in [2.75, 3.05) is 13.1 Å². The Hall–Kier alpha value is -2.80. The van der Waals surface area contributed by atoms with Crippen LogP contribution in [0.15, 0.2) is 41.4 Å². The second-order valence-electron chi connectivity index (χ2n) is 6.22. The first-order chi connectivity index (χ1) is 13.6. The Kier molecular flexibility index (Phi) is 5.71. The number of nitrogens with zero attached hydrogens (tertiary/aromatic N) is 4. The van der Waals surface area contributed by atoms with Gasteiger partial charge in [0.25, 0.3) is 5.69 Å². The number of aromatic nitrogens is 2. The van der Waals surface area contributed by atoms with Gasteiger partial charge in [-0.3, -0.25) is 10.1 Å². The molecule has 1 saturated heterocycles. The van der Waals surface area contributed by atoms with Crippen molar-refractivity contribution in [3.05, 3.63) is 52.3 Å². The van der Waals surface area contributed by atoms with Crippen LogP contribution in [-0.4, -0.2) is 46.8 Å². The van der Waals surface area contributed by atoms with E-state index in [1.54, 1.807) is 0 Å². The van der Waals surface area contributed by atoms with Gasteiger partial charge in [0, 0.05) is 24.9 Å². The Morgan fingerprint density at radius 1 is 1.21 bits per heavy atom. The van der Waals surface area contributed by atoms with Crippen molar-refractivity contribution in [2.24, 2.45) is 0 Å². The average Bonchev–Trinajstić information content (AvgIpc) is 2.68. The van der Waals surface area contributed by atoms with Crippen molar-refractivity contribution >= 4 is 15.7 Å². The largest absolute Gasteiger partial charge is 0.459 e. The van der Waals surface area contributed by atoms with E-state index >= 15 is 0 Å². The van der Waals surface area contributed by atoms with Gasteiger partial charge in [-0.2, -0.15) is 22.5 Å². The van der Waals surface area contributed by atoms with Gasteiger partial charge in [-0.15, -0.1) is 0 Å². The molecule has 1 atom stereocenters. The molecule has 3 rings (SSSR count). The van der Waals surface area contributed by atoms with Gasteiger partial charge in [0.1, 0.15) is 6.10 Å². The highest BCUT2D eigenvalue weighted by molar-refractivity contribution is 7.89. The van der Waals surface area contributed by atoms with Crippen LogP contribution in [0.2, 0.25) is 0 Å². The van der Waals surface area contributed by atoms with Crippen LogP contribution in [0.4, 0.5) is 18.9 Å². The zero-order chi connectivity index (χ0) is 21.2. The summed E-state index contributed by atoms with van der Waals surface area (Å²) in [5.74, 6) is 0. The summed E-state index contributed by atoms with van der Waals surface area (Å²) in [6.07, 6.45) is -3.65. The second-order valence-corrected chi connectivity index (χ2v) is 8.16. The van der Waals surface area contributed by atoms with E-state index in [1.165, 1.54) is 0 Å². The fraction of sp³-hybridized carbons (Fsp3) is 0.375. The highest BCUT2D eigenvalue weighted by atomic mass is 32.2. The smallest absolute Gasteiger partial charge is 0.433 e. The standard InChI is InChI=1S/C16H15F3N4O5S/c17-16(18,19)14-7-8-20-15(21-14)28-12-2-1-9-22(10-12)29(26,27)13-5-3-11(4-6-13)23(24)25/h3-8,12H,1-2,9-10H2. The molecule has 1 aromatic carbocycles. The minimum Gasteiger partial charge on any atom is -0.459 e. The summed E-state index contributed by atoms with van der Waals surface area (Å²) in [7, 11) is -3.95. The third-order valence-electron chi connectivity index (χ3n) is 4.22. The van der Waals surface area contributed by atoms with Crippen molar-refractivity contribution < 1.29 is 31.2 Å². The molecule has 0 spiro atoms. The molecule has 9 nitrogen and oxygen atoms in total. The lowest BCUT2D eigenvalue weighted by atomic mass is 10.1. The molecule has 1 fully saturated rings. The van der Waals surface area contributed by atoms with E-state index < -0.39 is 38.9 Å². The number of hydrogen-bond donors (Lipinski definition) is 0. The van der Waals surface area contributed by atoms with Crippen molar-refractivity contribution in [3.63, 3.8) is 0 Å². The van der Waals surface area contributed by atoms with Crippen LogP contribution in [0.25, 0.3) is 0 Å². The van der Waals surface area contributed by atoms with Crippen LogP contribution < -0.4 is 4.74 Å². The molecule has 0 radical (unpaired) electrons. The molecule has 0 bridgehead atoms. The molecule has 2 aromatic rings. The van der Waals surface area contributed by atoms with Crippen molar-refractivity contribution in [1.82, 2.24) is 14.3 Å². The number of ether oxygens (including phenoxy) is 1. The maximum Gasteiger partial charge on any atom is 0.433 e. The van der Waals surface area contributed by atoms with Gasteiger partial charge in [-0.1, -0.05) is 0 Å². The first-order valence-electron chi connectivity index (χ1n) is 8.39. The normalized spacial score (nSPS) is 18.4. The van der Waals surface area contributed by atoms with Crippen LogP contribution in [0.1, 0.15) is 18.5 Å². The SMILES string of the molecule is O=[N+]([O-])c1ccc(S(=O)(=O)N2CCCC(Oc3nccc(C(F)(F)F)n3)C2)cc1. The van der Waals surface area contributed by atoms with Crippen LogP contribution in [-0.2, 0) is 16.2 Å². The van der Waals surface area contributed by atoms with E-state index in [1.807, 2.05) is 0 Å². The lowest BCUT2D eigenvalue weighted by Crippen LogP contribution is -2.44. The van der Waals surface area contributed by atoms with Gasteiger partial charge in [0.2, 0.25) is 10.0 Å². The molecule has 29 heavy (non-hydrogen) atoms. The molecule has 0 N–H and O–H groups in total. The van der Waals surface area contributed by atoms with Gasteiger partial charge in [-0.25, -0.2) is 13.4 Å². The quantitative estimate of drug-likeness (QED) is 0.527. The molecule has 1 aromatic heterocycles. The summed E-state index contributed by atoms with van der Waals surface area (Å²) in [6.45, 7) is 0.0710. The second kappa shape index (κ2) is 7.91. The number of alkyl halides is 3. The lowest BCUT2D eigenvalue weighted by Gasteiger charge is -2.31. The summed E-state index contributed by atoms with van der Waals surface area (Å²) < 4.78 is 70.3. The maximum absolute atomic E-state index is 12.8. The summed E-state index contributed by atoms with van der Waals surface area (Å²) >= 11 is 0. The Labute approximate surface area is 163 Å². The maximum atomic E-state index is 12.8. The summed E-state index contributed by atoms with van der Waals surface area (Å²) in [6, 6.07) is 4.66. The van der Waals surface area contributed by atoms with E-state index in [0.717, 1.165) is 34.8 Å². The molecule has 1 aliphatic heterocycles. The Morgan fingerprint density at radius 3 is 2.52 bits per heavy atom. The van der Waals surface area contributed by atoms with Crippen molar-refractivity contribution in [2.45, 2.75) is 30.0 Å². The number of rotatable bonds is 5. The molecule has 0 aliphatic carbocycles. The van der Waals surface area contributed by atoms with Crippen molar-refractivity contribution in [3.8, 4) is 6.01 Å². The van der Waals surface area contributed by atoms with Gasteiger partial charge in [0.15, 0.2) is 5.69 Å². The number of sulfonamides is 1. The molecule has 0 amide bonds. The van der Waals surface area contributed by atoms with Gasteiger partial charge in [-0.05, 0) is 31.0 Å². The average molecular weight is 432 g/mol. The highest BCUT2D eigenvalue weighted by Gasteiger charge is 2.34. The number of nitro groups is 1. The van der Waals surface area contributed by atoms with E-state index in [0.29, 0.717) is 18.9 Å². The minimum absolute atomic E-state index is 0.112. The summed E-state index contributed by atoms with van der Waals surface area (Å²) in [5.41, 5.74) is -1.40. The highest BCUT2D eigenvalue weighted by Crippen LogP contribution is 2.29. The number of halogens is 3. The van der Waals surface area contributed by atoms with E-state index in [2.05, 4.69) is 9.97 Å². The van der Waals surface area contributed by atoms with Gasteiger partial charge < -0.3 is 4.74 Å². The molecule has 1 aliphatic rings. The molecule has 13 heteroatoms. The number of hydrogen-bond acceptors (Lipinski definition) is 7. The summed E-state index contributed by atoms with van der Waals surface area (Å²) in [4.78, 5) is 16.9. The lowest BCUT2D eigenvalue weighted by molar-refractivity contribution is -0.384.